The molecular formula is C7H7ClF2N2. The third-order valence-corrected chi connectivity index (χ3v) is 1.51. The van der Waals surface area contributed by atoms with Gasteiger partial charge >= 0.3 is 0 Å². The van der Waals surface area contributed by atoms with E-state index in [0.717, 1.165) is 4.68 Å². The van der Waals surface area contributed by atoms with Gasteiger partial charge in [-0.15, -0.1) is 0 Å². The van der Waals surface area contributed by atoms with Crippen LogP contribution in [0.4, 0.5) is 8.78 Å². The second-order valence-corrected chi connectivity index (χ2v) is 2.72. The molecule has 0 N–H and O–H groups in total. The highest BCUT2D eigenvalue weighted by Crippen LogP contribution is 2.18. The summed E-state index contributed by atoms with van der Waals surface area (Å²) in [5, 5.41) is 2.30. The average molecular weight is 193 g/mol. The third kappa shape index (κ3) is 1.64. The molecular weight excluding hydrogens is 186 g/mol. The zero-order valence-electron chi connectivity index (χ0n) is 6.61. The van der Waals surface area contributed by atoms with Gasteiger partial charge in [0.2, 0.25) is 5.29 Å². The summed E-state index contributed by atoms with van der Waals surface area (Å²) >= 11 is 4.82. The second-order valence-electron chi connectivity index (χ2n) is 2.39. The molecule has 0 amide bonds. The van der Waals surface area contributed by atoms with Crippen LogP contribution in [0.25, 0.3) is 5.95 Å². The quantitative estimate of drug-likeness (QED) is 0.669. The van der Waals surface area contributed by atoms with Gasteiger partial charge in [0.1, 0.15) is 0 Å². The molecule has 0 fully saturated rings. The Kier molecular flexibility index (Phi) is 2.47. The van der Waals surface area contributed by atoms with Gasteiger partial charge in [-0.3, -0.25) is 0 Å². The van der Waals surface area contributed by atoms with Gasteiger partial charge in [-0.2, -0.15) is 13.9 Å². The van der Waals surface area contributed by atoms with E-state index in [9.17, 15) is 8.78 Å². The van der Waals surface area contributed by atoms with Crippen LogP contribution in [0.3, 0.4) is 0 Å². The van der Waals surface area contributed by atoms with Crippen molar-refractivity contribution >= 4 is 17.6 Å². The standard InChI is InChI=1S/C7H7ClF2N2/c1-4-3-5(2)12(11-4)7(10)6(8)9/h3H,1-2H3. The number of rotatable bonds is 1. The molecule has 0 bridgehead atoms. The van der Waals surface area contributed by atoms with Crippen LogP contribution >= 0.6 is 11.6 Å². The van der Waals surface area contributed by atoms with Crippen molar-refractivity contribution in [3.63, 3.8) is 0 Å². The SMILES string of the molecule is Cc1cc(C)n(C(F)=C(F)Cl)n1. The van der Waals surface area contributed by atoms with Crippen LogP contribution in [-0.4, -0.2) is 9.78 Å². The number of hydrogen-bond acceptors (Lipinski definition) is 1. The smallest absolute Gasteiger partial charge is 0.208 e. The van der Waals surface area contributed by atoms with E-state index in [1.807, 2.05) is 0 Å². The molecule has 1 heterocycles. The fourth-order valence-electron chi connectivity index (χ4n) is 0.908. The first-order valence-electron chi connectivity index (χ1n) is 3.27. The molecule has 0 aliphatic carbocycles. The fourth-order valence-corrected chi connectivity index (χ4v) is 0.988. The van der Waals surface area contributed by atoms with Crippen LogP contribution in [0.15, 0.2) is 11.4 Å². The Bertz CT molecular complexity index is 326. The summed E-state index contributed by atoms with van der Waals surface area (Å²) in [6, 6.07) is 1.62. The summed E-state index contributed by atoms with van der Waals surface area (Å²) in [6.07, 6.45) is 0. The Labute approximate surface area is 73.4 Å². The van der Waals surface area contributed by atoms with Crippen molar-refractivity contribution in [3.05, 3.63) is 22.7 Å². The Hall–Kier alpha value is -0.900. The lowest BCUT2D eigenvalue weighted by molar-refractivity contribution is 0.586. The first-order chi connectivity index (χ1) is 5.52. The molecule has 12 heavy (non-hydrogen) atoms. The Morgan fingerprint density at radius 3 is 2.42 bits per heavy atom. The highest BCUT2D eigenvalue weighted by Gasteiger charge is 2.09. The lowest BCUT2D eigenvalue weighted by Crippen LogP contribution is -1.98. The lowest BCUT2D eigenvalue weighted by Gasteiger charge is -1.97. The van der Waals surface area contributed by atoms with Gasteiger partial charge in [-0.1, -0.05) is 0 Å². The lowest BCUT2D eigenvalue weighted by atomic mass is 10.4. The summed E-state index contributed by atoms with van der Waals surface area (Å²) < 4.78 is 25.8. The van der Waals surface area contributed by atoms with Crippen molar-refractivity contribution in [1.29, 1.82) is 0 Å². The molecule has 1 aromatic heterocycles. The molecule has 1 rings (SSSR count). The summed E-state index contributed by atoms with van der Waals surface area (Å²) in [4.78, 5) is 0. The minimum Gasteiger partial charge on any atom is -0.208 e. The maximum absolute atomic E-state index is 12.8. The molecule has 1 aromatic rings. The number of halogens is 3. The number of aryl methyl sites for hydroxylation is 2. The van der Waals surface area contributed by atoms with E-state index in [2.05, 4.69) is 5.10 Å². The maximum atomic E-state index is 12.8. The number of nitrogens with zero attached hydrogens (tertiary/aromatic N) is 2. The maximum Gasteiger partial charge on any atom is 0.262 e. The van der Waals surface area contributed by atoms with Gasteiger partial charge < -0.3 is 0 Å². The van der Waals surface area contributed by atoms with Crippen LogP contribution in [0, 0.1) is 13.8 Å². The Morgan fingerprint density at radius 1 is 1.50 bits per heavy atom. The Morgan fingerprint density at radius 2 is 2.08 bits per heavy atom. The molecule has 2 nitrogen and oxygen atoms in total. The van der Waals surface area contributed by atoms with E-state index in [-0.39, 0.29) is 0 Å². The summed E-state index contributed by atoms with van der Waals surface area (Å²) in [6.45, 7) is 3.29. The van der Waals surface area contributed by atoms with Crippen molar-refractivity contribution in [1.82, 2.24) is 9.78 Å². The molecule has 0 unspecified atom stereocenters. The van der Waals surface area contributed by atoms with Crippen molar-refractivity contribution in [2.45, 2.75) is 13.8 Å². The van der Waals surface area contributed by atoms with Crippen LogP contribution in [-0.2, 0) is 0 Å². The largest absolute Gasteiger partial charge is 0.262 e. The second kappa shape index (κ2) is 3.23. The predicted octanol–water partition coefficient (Wildman–Crippen LogP) is 2.76. The monoisotopic (exact) mass is 192 g/mol. The highest BCUT2D eigenvalue weighted by molar-refractivity contribution is 6.30. The first kappa shape index (κ1) is 9.19. The molecule has 5 heteroatoms. The topological polar surface area (TPSA) is 17.8 Å². The highest BCUT2D eigenvalue weighted by atomic mass is 35.5. The fraction of sp³-hybridized carbons (Fsp3) is 0.286. The summed E-state index contributed by atoms with van der Waals surface area (Å²) in [5.41, 5.74) is 1.11. The number of aromatic nitrogens is 2. The molecule has 0 aromatic carbocycles. The molecule has 0 aliphatic rings. The predicted molar refractivity (Wildman–Crippen MR) is 43.0 cm³/mol. The normalized spacial score (nSPS) is 13.1. The van der Waals surface area contributed by atoms with Gasteiger partial charge in [0.05, 0.1) is 5.69 Å². The van der Waals surface area contributed by atoms with Crippen molar-refractivity contribution in [2.24, 2.45) is 0 Å². The minimum atomic E-state index is -1.39. The van der Waals surface area contributed by atoms with E-state index in [0.29, 0.717) is 11.4 Å². The van der Waals surface area contributed by atoms with Gasteiger partial charge in [-0.25, -0.2) is 4.68 Å². The molecule has 0 radical (unpaired) electrons. The summed E-state index contributed by atoms with van der Waals surface area (Å²) in [5.74, 6) is -1.18. The summed E-state index contributed by atoms with van der Waals surface area (Å²) in [7, 11) is 0. The zero-order valence-corrected chi connectivity index (χ0v) is 7.36. The van der Waals surface area contributed by atoms with Gasteiger partial charge in [-0.05, 0) is 31.5 Å². The first-order valence-corrected chi connectivity index (χ1v) is 3.64. The van der Waals surface area contributed by atoms with Crippen molar-refractivity contribution in [3.8, 4) is 0 Å². The zero-order chi connectivity index (χ0) is 9.30. The van der Waals surface area contributed by atoms with E-state index in [1.165, 1.54) is 0 Å². The van der Waals surface area contributed by atoms with Crippen molar-refractivity contribution < 1.29 is 8.78 Å². The van der Waals surface area contributed by atoms with Crippen LogP contribution < -0.4 is 0 Å². The van der Waals surface area contributed by atoms with Crippen LogP contribution in [0.5, 0.6) is 0 Å². The minimum absolute atomic E-state index is 0.501. The average Bonchev–Trinajstić information content (AvgIpc) is 2.28. The molecule has 0 saturated heterocycles. The Balaban J connectivity index is 3.20. The van der Waals surface area contributed by atoms with E-state index in [4.69, 9.17) is 11.6 Å². The van der Waals surface area contributed by atoms with Gasteiger partial charge in [0.25, 0.3) is 5.95 Å². The van der Waals surface area contributed by atoms with E-state index < -0.39 is 11.2 Å². The van der Waals surface area contributed by atoms with E-state index >= 15 is 0 Å². The van der Waals surface area contributed by atoms with Crippen LogP contribution in [0.2, 0.25) is 0 Å². The molecule has 0 saturated carbocycles. The number of hydrogen-bond donors (Lipinski definition) is 0. The molecule has 0 aliphatic heterocycles. The van der Waals surface area contributed by atoms with Crippen molar-refractivity contribution in [2.75, 3.05) is 0 Å². The molecule has 0 spiro atoms. The van der Waals surface area contributed by atoms with Crippen LogP contribution in [0.1, 0.15) is 11.4 Å². The molecule has 0 atom stereocenters. The third-order valence-electron chi connectivity index (χ3n) is 1.35. The molecule has 66 valence electrons. The van der Waals surface area contributed by atoms with Gasteiger partial charge in [0.15, 0.2) is 0 Å². The van der Waals surface area contributed by atoms with E-state index in [1.54, 1.807) is 19.9 Å². The van der Waals surface area contributed by atoms with Gasteiger partial charge in [0, 0.05) is 5.69 Å².